The SMILES string of the molecule is CC1(CN)CCN(C(=O)c2cccnc2Nc2ccccc2F)C1. The number of hydrogen-bond acceptors (Lipinski definition) is 4. The highest BCUT2D eigenvalue weighted by atomic mass is 19.1. The molecule has 6 heteroatoms. The van der Waals surface area contributed by atoms with E-state index in [2.05, 4.69) is 17.2 Å². The molecule has 0 radical (unpaired) electrons. The number of para-hydroxylation sites is 1. The first-order valence-corrected chi connectivity index (χ1v) is 7.98. The van der Waals surface area contributed by atoms with Crippen molar-refractivity contribution in [2.24, 2.45) is 11.1 Å². The van der Waals surface area contributed by atoms with Gasteiger partial charge < -0.3 is 16.0 Å². The van der Waals surface area contributed by atoms with Gasteiger partial charge >= 0.3 is 0 Å². The first-order chi connectivity index (χ1) is 11.5. The molecule has 1 aliphatic heterocycles. The molecular formula is C18H21FN4O. The lowest BCUT2D eigenvalue weighted by molar-refractivity contribution is 0.0777. The molecule has 0 bridgehead atoms. The average molecular weight is 328 g/mol. The lowest BCUT2D eigenvalue weighted by Gasteiger charge is -2.23. The van der Waals surface area contributed by atoms with Crippen LogP contribution in [0.3, 0.4) is 0 Å². The number of carbonyl (C=O) groups is 1. The summed E-state index contributed by atoms with van der Waals surface area (Å²) in [6, 6.07) is 9.72. The smallest absolute Gasteiger partial charge is 0.257 e. The molecule has 1 atom stereocenters. The van der Waals surface area contributed by atoms with Gasteiger partial charge in [-0.15, -0.1) is 0 Å². The van der Waals surface area contributed by atoms with Gasteiger partial charge in [-0.05, 0) is 42.6 Å². The van der Waals surface area contributed by atoms with Crippen LogP contribution in [0.4, 0.5) is 15.9 Å². The molecule has 2 aromatic rings. The van der Waals surface area contributed by atoms with Crippen LogP contribution in [0.5, 0.6) is 0 Å². The normalized spacial score (nSPS) is 20.2. The summed E-state index contributed by atoms with van der Waals surface area (Å²) < 4.78 is 13.9. The van der Waals surface area contributed by atoms with Crippen LogP contribution in [-0.4, -0.2) is 35.4 Å². The van der Waals surface area contributed by atoms with Crippen LogP contribution >= 0.6 is 0 Å². The van der Waals surface area contributed by atoms with E-state index in [1.54, 1.807) is 41.4 Å². The molecule has 3 N–H and O–H groups in total. The summed E-state index contributed by atoms with van der Waals surface area (Å²) in [6.45, 7) is 3.92. The number of pyridine rings is 1. The van der Waals surface area contributed by atoms with Gasteiger partial charge in [0.2, 0.25) is 0 Å². The van der Waals surface area contributed by atoms with E-state index in [-0.39, 0.29) is 11.3 Å². The van der Waals surface area contributed by atoms with E-state index in [0.29, 0.717) is 36.7 Å². The molecule has 0 aliphatic carbocycles. The molecule has 1 unspecified atom stereocenters. The van der Waals surface area contributed by atoms with Crippen LogP contribution in [0.15, 0.2) is 42.6 Å². The fraction of sp³-hybridized carbons (Fsp3) is 0.333. The van der Waals surface area contributed by atoms with Gasteiger partial charge in [0.25, 0.3) is 5.91 Å². The van der Waals surface area contributed by atoms with Gasteiger partial charge in [0.1, 0.15) is 11.6 Å². The van der Waals surface area contributed by atoms with E-state index in [9.17, 15) is 9.18 Å². The number of aromatic nitrogens is 1. The van der Waals surface area contributed by atoms with Crippen LogP contribution in [0, 0.1) is 11.2 Å². The van der Waals surface area contributed by atoms with E-state index in [4.69, 9.17) is 5.73 Å². The summed E-state index contributed by atoms with van der Waals surface area (Å²) >= 11 is 0. The van der Waals surface area contributed by atoms with E-state index in [0.717, 1.165) is 6.42 Å². The maximum atomic E-state index is 13.9. The van der Waals surface area contributed by atoms with Gasteiger partial charge in [0.15, 0.2) is 0 Å². The third-order valence-corrected chi connectivity index (χ3v) is 4.50. The number of benzene rings is 1. The van der Waals surface area contributed by atoms with Crippen LogP contribution in [0.1, 0.15) is 23.7 Å². The number of nitrogens with zero attached hydrogens (tertiary/aromatic N) is 2. The minimum absolute atomic E-state index is 0.0446. The molecule has 2 heterocycles. The molecule has 1 aromatic heterocycles. The maximum absolute atomic E-state index is 13.9. The van der Waals surface area contributed by atoms with Gasteiger partial charge in [0, 0.05) is 19.3 Å². The molecule has 3 rings (SSSR count). The highest BCUT2D eigenvalue weighted by Gasteiger charge is 2.35. The minimum atomic E-state index is -0.390. The lowest BCUT2D eigenvalue weighted by atomic mass is 9.90. The Hall–Kier alpha value is -2.47. The molecule has 1 aromatic carbocycles. The number of likely N-dealkylation sites (tertiary alicyclic amines) is 1. The molecule has 1 saturated heterocycles. The maximum Gasteiger partial charge on any atom is 0.257 e. The second-order valence-corrected chi connectivity index (χ2v) is 6.50. The number of nitrogens with one attached hydrogen (secondary N) is 1. The number of rotatable bonds is 4. The van der Waals surface area contributed by atoms with E-state index in [1.165, 1.54) is 6.07 Å². The molecule has 24 heavy (non-hydrogen) atoms. The molecule has 5 nitrogen and oxygen atoms in total. The highest BCUT2D eigenvalue weighted by Crippen LogP contribution is 2.30. The number of anilines is 2. The number of halogens is 1. The Bertz CT molecular complexity index is 751. The van der Waals surface area contributed by atoms with E-state index in [1.807, 2.05) is 0 Å². The Labute approximate surface area is 140 Å². The van der Waals surface area contributed by atoms with Crippen molar-refractivity contribution in [3.8, 4) is 0 Å². The fourth-order valence-electron chi connectivity index (χ4n) is 2.90. The van der Waals surface area contributed by atoms with Crippen molar-refractivity contribution in [1.29, 1.82) is 0 Å². The van der Waals surface area contributed by atoms with E-state index < -0.39 is 5.82 Å². The van der Waals surface area contributed by atoms with E-state index >= 15 is 0 Å². The van der Waals surface area contributed by atoms with Gasteiger partial charge in [-0.25, -0.2) is 9.37 Å². The second kappa shape index (κ2) is 6.57. The van der Waals surface area contributed by atoms with Gasteiger partial charge in [-0.3, -0.25) is 4.79 Å². The van der Waals surface area contributed by atoms with Crippen LogP contribution in [-0.2, 0) is 0 Å². The van der Waals surface area contributed by atoms with Crippen LogP contribution in [0.25, 0.3) is 0 Å². The Morgan fingerprint density at radius 1 is 1.38 bits per heavy atom. The van der Waals surface area contributed by atoms with Crippen molar-refractivity contribution >= 4 is 17.4 Å². The zero-order valence-electron chi connectivity index (χ0n) is 13.6. The number of hydrogen-bond donors (Lipinski definition) is 2. The quantitative estimate of drug-likeness (QED) is 0.905. The van der Waals surface area contributed by atoms with Gasteiger partial charge in [0.05, 0.1) is 11.3 Å². The topological polar surface area (TPSA) is 71.2 Å². The number of carbonyl (C=O) groups excluding carboxylic acids is 1. The first-order valence-electron chi connectivity index (χ1n) is 7.98. The van der Waals surface area contributed by atoms with Crippen molar-refractivity contribution in [3.63, 3.8) is 0 Å². The molecule has 1 fully saturated rings. The van der Waals surface area contributed by atoms with Crippen molar-refractivity contribution in [1.82, 2.24) is 9.88 Å². The van der Waals surface area contributed by atoms with Crippen LogP contribution in [0.2, 0.25) is 0 Å². The third kappa shape index (κ3) is 3.23. The molecule has 126 valence electrons. The second-order valence-electron chi connectivity index (χ2n) is 6.50. The summed E-state index contributed by atoms with van der Waals surface area (Å²) in [5, 5.41) is 2.92. The monoisotopic (exact) mass is 328 g/mol. The Kier molecular flexibility index (Phi) is 4.49. The minimum Gasteiger partial charge on any atom is -0.338 e. The van der Waals surface area contributed by atoms with Crippen molar-refractivity contribution < 1.29 is 9.18 Å². The molecule has 0 spiro atoms. The van der Waals surface area contributed by atoms with Crippen molar-refractivity contribution in [3.05, 3.63) is 54.0 Å². The third-order valence-electron chi connectivity index (χ3n) is 4.50. The van der Waals surface area contributed by atoms with Crippen molar-refractivity contribution in [2.75, 3.05) is 25.0 Å². The fourth-order valence-corrected chi connectivity index (χ4v) is 2.90. The Balaban J connectivity index is 1.84. The van der Waals surface area contributed by atoms with Crippen molar-refractivity contribution in [2.45, 2.75) is 13.3 Å². The summed E-state index contributed by atoms with van der Waals surface area (Å²) in [4.78, 5) is 18.9. The average Bonchev–Trinajstić information content (AvgIpc) is 3.00. The molecule has 1 aliphatic rings. The summed E-state index contributed by atoms with van der Waals surface area (Å²) in [7, 11) is 0. The summed E-state index contributed by atoms with van der Waals surface area (Å²) in [5.41, 5.74) is 6.49. The highest BCUT2D eigenvalue weighted by molar-refractivity contribution is 5.99. The number of amides is 1. The molecule has 1 amide bonds. The van der Waals surface area contributed by atoms with Gasteiger partial charge in [-0.1, -0.05) is 19.1 Å². The molecular weight excluding hydrogens is 307 g/mol. The Morgan fingerprint density at radius 2 is 2.17 bits per heavy atom. The zero-order chi connectivity index (χ0) is 17.2. The first kappa shape index (κ1) is 16.4. The zero-order valence-corrected chi connectivity index (χ0v) is 13.6. The standard InChI is InChI=1S/C18H21FN4O/c1-18(11-20)8-10-23(12-18)17(24)13-5-4-9-21-16(13)22-15-7-3-2-6-14(15)19/h2-7,9H,8,10-12,20H2,1H3,(H,21,22). The summed E-state index contributed by atoms with van der Waals surface area (Å²) in [6.07, 6.45) is 2.46. The Morgan fingerprint density at radius 3 is 2.88 bits per heavy atom. The number of nitrogens with two attached hydrogens (primary N) is 1. The summed E-state index contributed by atoms with van der Waals surface area (Å²) in [5.74, 6) is -0.147. The predicted molar refractivity (Wildman–Crippen MR) is 91.6 cm³/mol. The van der Waals surface area contributed by atoms with Crippen LogP contribution < -0.4 is 11.1 Å². The molecule has 0 saturated carbocycles. The largest absolute Gasteiger partial charge is 0.338 e. The predicted octanol–water partition coefficient (Wildman–Crippen LogP) is 2.78. The van der Waals surface area contributed by atoms with Gasteiger partial charge in [-0.2, -0.15) is 0 Å². The lowest BCUT2D eigenvalue weighted by Crippen LogP contribution is -2.34.